The number of aryl methyl sites for hydroxylation is 1. The van der Waals surface area contributed by atoms with Crippen molar-refractivity contribution in [1.29, 1.82) is 0 Å². The molecule has 3 aromatic rings. The van der Waals surface area contributed by atoms with Gasteiger partial charge in [-0.2, -0.15) is 0 Å². The first-order valence-corrected chi connectivity index (χ1v) is 9.07. The van der Waals surface area contributed by atoms with Gasteiger partial charge in [-0.1, -0.05) is 23.7 Å². The van der Waals surface area contributed by atoms with Crippen LogP contribution in [0.1, 0.15) is 18.4 Å². The normalized spacial score (nSPS) is 16.6. The van der Waals surface area contributed by atoms with Crippen LogP contribution in [-0.2, 0) is 9.53 Å². The number of fused-ring (bicyclic) bond motifs is 1. The van der Waals surface area contributed by atoms with E-state index in [2.05, 4.69) is 0 Å². The first-order valence-electron chi connectivity index (χ1n) is 8.69. The molecule has 1 atom stereocenters. The number of esters is 1. The molecule has 2 aromatic carbocycles. The average molecular weight is 385 g/mol. The van der Waals surface area contributed by atoms with Gasteiger partial charge >= 0.3 is 11.6 Å². The second-order valence-corrected chi connectivity index (χ2v) is 6.91. The van der Waals surface area contributed by atoms with Crippen LogP contribution in [0, 0.1) is 6.92 Å². The molecule has 0 N–H and O–H groups in total. The summed E-state index contributed by atoms with van der Waals surface area (Å²) in [6.07, 6.45) is 1.01. The largest absolute Gasteiger partial charge is 0.425 e. The highest BCUT2D eigenvalue weighted by Crippen LogP contribution is 2.30. The highest BCUT2D eigenvalue weighted by molar-refractivity contribution is 6.30. The van der Waals surface area contributed by atoms with E-state index < -0.39 is 17.7 Å². The van der Waals surface area contributed by atoms with Crippen molar-refractivity contribution in [2.45, 2.75) is 25.9 Å². The van der Waals surface area contributed by atoms with Gasteiger partial charge in [0.15, 0.2) is 6.10 Å². The molecule has 138 valence electrons. The number of hydrogen-bond acceptors (Lipinski definition) is 5. The van der Waals surface area contributed by atoms with Crippen molar-refractivity contribution in [3.05, 3.63) is 63.5 Å². The number of carbonyl (C=O) groups excluding carboxylic acids is 1. The van der Waals surface area contributed by atoms with E-state index in [-0.39, 0.29) is 0 Å². The van der Waals surface area contributed by atoms with E-state index in [0.717, 1.165) is 12.0 Å². The van der Waals surface area contributed by atoms with Gasteiger partial charge < -0.3 is 13.9 Å². The Kier molecular flexibility index (Phi) is 4.72. The van der Waals surface area contributed by atoms with Crippen LogP contribution in [0.15, 0.2) is 51.7 Å². The Morgan fingerprint density at radius 1 is 1.19 bits per heavy atom. The van der Waals surface area contributed by atoms with Gasteiger partial charge in [0.05, 0.1) is 5.56 Å². The summed E-state index contributed by atoms with van der Waals surface area (Å²) >= 11 is 5.94. The number of rotatable bonds is 3. The third kappa shape index (κ3) is 3.48. The zero-order chi connectivity index (χ0) is 19.0. The minimum atomic E-state index is -0.514. The second kappa shape index (κ2) is 7.18. The minimum absolute atomic E-state index is 0.391. The van der Waals surface area contributed by atoms with Crippen LogP contribution in [0.25, 0.3) is 22.1 Å². The summed E-state index contributed by atoms with van der Waals surface area (Å²) in [5.74, 6) is -0.0122. The van der Waals surface area contributed by atoms with Gasteiger partial charge in [0.2, 0.25) is 0 Å². The molecule has 0 bridgehead atoms. The molecule has 6 heteroatoms. The molecule has 1 aliphatic rings. The second-order valence-electron chi connectivity index (χ2n) is 6.48. The molecule has 0 saturated carbocycles. The number of benzene rings is 2. The van der Waals surface area contributed by atoms with Gasteiger partial charge in [0.25, 0.3) is 0 Å². The van der Waals surface area contributed by atoms with Crippen molar-refractivity contribution < 1.29 is 18.7 Å². The summed E-state index contributed by atoms with van der Waals surface area (Å²) in [6.45, 7) is 2.42. The van der Waals surface area contributed by atoms with Crippen LogP contribution in [0.3, 0.4) is 0 Å². The Hall–Kier alpha value is -2.63. The molecule has 0 aliphatic carbocycles. The van der Waals surface area contributed by atoms with E-state index >= 15 is 0 Å². The molecule has 0 radical (unpaired) electrons. The maximum atomic E-state index is 12.5. The standard InChI is InChI=1S/C21H17ClO5/c1-12-16-11-15(26-20(23)18-3-2-10-25-18)8-9-17(16)27-21(24)19(12)13-4-6-14(22)7-5-13/h4-9,11,18H,2-3,10H2,1H3. The van der Waals surface area contributed by atoms with Crippen molar-refractivity contribution in [3.63, 3.8) is 0 Å². The topological polar surface area (TPSA) is 65.7 Å². The molecule has 1 aromatic heterocycles. The summed E-state index contributed by atoms with van der Waals surface area (Å²) in [6, 6.07) is 11.9. The summed E-state index contributed by atoms with van der Waals surface area (Å²) in [4.78, 5) is 24.7. The van der Waals surface area contributed by atoms with Crippen molar-refractivity contribution in [1.82, 2.24) is 0 Å². The Balaban J connectivity index is 1.75. The van der Waals surface area contributed by atoms with Gasteiger partial charge in [0.1, 0.15) is 11.3 Å². The van der Waals surface area contributed by atoms with Crippen LogP contribution in [0.4, 0.5) is 0 Å². The summed E-state index contributed by atoms with van der Waals surface area (Å²) in [7, 11) is 0. The lowest BCUT2D eigenvalue weighted by Gasteiger charge is -2.12. The van der Waals surface area contributed by atoms with E-state index in [9.17, 15) is 9.59 Å². The van der Waals surface area contributed by atoms with Crippen molar-refractivity contribution in [2.75, 3.05) is 6.61 Å². The lowest BCUT2D eigenvalue weighted by molar-refractivity contribution is -0.144. The molecular weight excluding hydrogens is 368 g/mol. The number of ether oxygens (including phenoxy) is 2. The van der Waals surface area contributed by atoms with Gasteiger partial charge in [-0.05, 0) is 61.2 Å². The monoisotopic (exact) mass is 384 g/mol. The quantitative estimate of drug-likeness (QED) is 0.377. The summed E-state index contributed by atoms with van der Waals surface area (Å²) in [5.41, 5.74) is 1.94. The third-order valence-corrected chi connectivity index (χ3v) is 4.93. The zero-order valence-electron chi connectivity index (χ0n) is 14.7. The lowest BCUT2D eigenvalue weighted by atomic mass is 9.99. The minimum Gasteiger partial charge on any atom is -0.425 e. The van der Waals surface area contributed by atoms with Crippen LogP contribution in [-0.4, -0.2) is 18.7 Å². The molecule has 1 unspecified atom stereocenters. The SMILES string of the molecule is Cc1c(-c2ccc(Cl)cc2)c(=O)oc2ccc(OC(=O)C3CCCO3)cc12. The van der Waals surface area contributed by atoms with Crippen molar-refractivity contribution in [3.8, 4) is 16.9 Å². The predicted molar refractivity (Wildman–Crippen MR) is 102 cm³/mol. The molecule has 0 amide bonds. The van der Waals surface area contributed by atoms with Gasteiger partial charge in [-0.25, -0.2) is 9.59 Å². The fraction of sp³-hybridized carbons (Fsp3) is 0.238. The Labute approximate surface area is 160 Å². The molecule has 5 nitrogen and oxygen atoms in total. The van der Waals surface area contributed by atoms with Crippen molar-refractivity contribution in [2.24, 2.45) is 0 Å². The molecule has 27 heavy (non-hydrogen) atoms. The number of carbonyl (C=O) groups is 1. The summed E-state index contributed by atoms with van der Waals surface area (Å²) < 4.78 is 16.3. The average Bonchev–Trinajstić information content (AvgIpc) is 3.19. The van der Waals surface area contributed by atoms with Gasteiger partial charge in [-0.15, -0.1) is 0 Å². The molecule has 0 spiro atoms. The van der Waals surface area contributed by atoms with Crippen LogP contribution < -0.4 is 10.4 Å². The van der Waals surface area contributed by atoms with E-state index in [1.165, 1.54) is 0 Å². The number of halogens is 1. The van der Waals surface area contributed by atoms with E-state index in [0.29, 0.717) is 45.9 Å². The highest BCUT2D eigenvalue weighted by Gasteiger charge is 2.25. The molecule has 1 saturated heterocycles. The number of hydrogen-bond donors (Lipinski definition) is 0. The van der Waals surface area contributed by atoms with Gasteiger partial charge in [-0.3, -0.25) is 0 Å². The molecular formula is C21H17ClO5. The van der Waals surface area contributed by atoms with Crippen LogP contribution in [0.2, 0.25) is 5.02 Å². The molecule has 1 fully saturated rings. The Morgan fingerprint density at radius 3 is 2.67 bits per heavy atom. The fourth-order valence-electron chi connectivity index (χ4n) is 3.29. The van der Waals surface area contributed by atoms with Gasteiger partial charge in [0, 0.05) is 17.0 Å². The smallest absolute Gasteiger partial charge is 0.344 e. The molecule has 4 rings (SSSR count). The zero-order valence-corrected chi connectivity index (χ0v) is 15.4. The summed E-state index contributed by atoms with van der Waals surface area (Å²) in [5, 5.41) is 1.29. The van der Waals surface area contributed by atoms with E-state index in [4.69, 9.17) is 25.5 Å². The van der Waals surface area contributed by atoms with E-state index in [1.807, 2.05) is 6.92 Å². The Morgan fingerprint density at radius 2 is 1.96 bits per heavy atom. The maximum Gasteiger partial charge on any atom is 0.344 e. The van der Waals surface area contributed by atoms with Crippen LogP contribution >= 0.6 is 11.6 Å². The lowest BCUT2D eigenvalue weighted by Crippen LogP contribution is -2.24. The highest BCUT2D eigenvalue weighted by atomic mass is 35.5. The predicted octanol–water partition coefficient (Wildman–Crippen LogP) is 4.51. The van der Waals surface area contributed by atoms with E-state index in [1.54, 1.807) is 42.5 Å². The first-order chi connectivity index (χ1) is 13.0. The third-order valence-electron chi connectivity index (χ3n) is 4.68. The first kappa shape index (κ1) is 17.8. The molecule has 1 aliphatic heterocycles. The maximum absolute atomic E-state index is 12.5. The fourth-order valence-corrected chi connectivity index (χ4v) is 3.42. The van der Waals surface area contributed by atoms with Crippen molar-refractivity contribution >= 4 is 28.5 Å². The van der Waals surface area contributed by atoms with Crippen LogP contribution in [0.5, 0.6) is 5.75 Å². The molecule has 2 heterocycles. The Bertz CT molecular complexity index is 1060.